The third-order valence-electron chi connectivity index (χ3n) is 6.82. The Balaban J connectivity index is 1.40. The number of rotatable bonds is 14. The largest absolute Gasteiger partial charge is 0.497 e. The maximum Gasteiger partial charge on any atom is 0.330 e. The SMILES string of the molecule is C=CC(=O)OCCCOc1ccc(C(=O)COC(=O)Cc2c(C)n(C(=C)c3ccc(Cl)cc3)c3ccc(OC)cc23)cc1. The highest BCUT2D eigenvalue weighted by molar-refractivity contribution is 6.30. The Morgan fingerprint density at radius 2 is 1.58 bits per heavy atom. The minimum Gasteiger partial charge on any atom is -0.497 e. The first-order valence-electron chi connectivity index (χ1n) is 13.6. The zero-order valence-electron chi connectivity index (χ0n) is 24.1. The highest BCUT2D eigenvalue weighted by atomic mass is 35.5. The van der Waals surface area contributed by atoms with Crippen molar-refractivity contribution < 1.29 is 33.3 Å². The van der Waals surface area contributed by atoms with Crippen LogP contribution in [0.2, 0.25) is 5.02 Å². The lowest BCUT2D eigenvalue weighted by atomic mass is 10.1. The molecule has 1 heterocycles. The number of aromatic nitrogens is 1. The number of ketones is 1. The van der Waals surface area contributed by atoms with Crippen LogP contribution in [0.3, 0.4) is 0 Å². The van der Waals surface area contributed by atoms with E-state index in [9.17, 15) is 14.4 Å². The van der Waals surface area contributed by atoms with E-state index in [1.807, 2.05) is 41.8 Å². The van der Waals surface area contributed by atoms with E-state index in [0.717, 1.165) is 39.5 Å². The first-order chi connectivity index (χ1) is 20.7. The van der Waals surface area contributed by atoms with Crippen molar-refractivity contribution in [2.75, 3.05) is 26.9 Å². The Morgan fingerprint density at radius 1 is 0.907 bits per heavy atom. The predicted octanol–water partition coefficient (Wildman–Crippen LogP) is 6.60. The number of fused-ring (bicyclic) bond motifs is 1. The van der Waals surface area contributed by atoms with Crippen molar-refractivity contribution in [3.63, 3.8) is 0 Å². The standard InChI is InChI=1S/C34H32ClNO7/c1-5-33(38)42-18-6-17-41-27-13-9-25(10-14-27)32(37)21-43-34(39)20-29-23(3)36(22(2)24-7-11-26(35)12-8-24)31-16-15-28(40-4)19-30(29)31/h5,7-16,19H,1-2,6,17-18,20-21H2,3-4H3. The summed E-state index contributed by atoms with van der Waals surface area (Å²) >= 11 is 6.08. The molecule has 0 bridgehead atoms. The van der Waals surface area contributed by atoms with Gasteiger partial charge in [0.1, 0.15) is 11.5 Å². The quantitative estimate of drug-likeness (QED) is 0.0696. The van der Waals surface area contributed by atoms with Crippen molar-refractivity contribution >= 4 is 45.9 Å². The third-order valence-corrected chi connectivity index (χ3v) is 7.07. The van der Waals surface area contributed by atoms with Crippen LogP contribution < -0.4 is 9.47 Å². The Bertz CT molecular complexity index is 1650. The van der Waals surface area contributed by atoms with Crippen LogP contribution in [-0.4, -0.2) is 49.2 Å². The number of esters is 2. The molecule has 0 N–H and O–H groups in total. The number of methoxy groups -OCH3 is 1. The molecule has 8 nitrogen and oxygen atoms in total. The van der Waals surface area contributed by atoms with Gasteiger partial charge in [0.2, 0.25) is 0 Å². The van der Waals surface area contributed by atoms with Crippen molar-refractivity contribution in [3.8, 4) is 11.5 Å². The summed E-state index contributed by atoms with van der Waals surface area (Å²) in [5.41, 5.74) is 4.42. The first kappa shape index (κ1) is 31.1. The number of halogens is 1. The van der Waals surface area contributed by atoms with Gasteiger partial charge in [0.25, 0.3) is 0 Å². The maximum absolute atomic E-state index is 13.0. The van der Waals surface area contributed by atoms with Crippen molar-refractivity contribution in [3.05, 3.63) is 113 Å². The van der Waals surface area contributed by atoms with Crippen LogP contribution in [0.15, 0.2) is 86.0 Å². The Kier molecular flexibility index (Phi) is 10.4. The van der Waals surface area contributed by atoms with Gasteiger partial charge in [-0.2, -0.15) is 0 Å². The van der Waals surface area contributed by atoms with Gasteiger partial charge in [0, 0.05) is 39.9 Å². The number of hydrogen-bond acceptors (Lipinski definition) is 7. The molecular weight excluding hydrogens is 570 g/mol. The number of hydrogen-bond donors (Lipinski definition) is 0. The fraction of sp³-hybridized carbons (Fsp3) is 0.206. The van der Waals surface area contributed by atoms with Gasteiger partial charge < -0.3 is 23.5 Å². The third kappa shape index (κ3) is 7.72. The van der Waals surface area contributed by atoms with Crippen LogP contribution >= 0.6 is 11.6 Å². The summed E-state index contributed by atoms with van der Waals surface area (Å²) in [5, 5.41) is 1.45. The second-order valence-electron chi connectivity index (χ2n) is 9.59. The second-order valence-corrected chi connectivity index (χ2v) is 10.0. The maximum atomic E-state index is 13.0. The average molecular weight is 602 g/mol. The Morgan fingerprint density at radius 3 is 2.26 bits per heavy atom. The van der Waals surface area contributed by atoms with E-state index in [1.54, 1.807) is 43.5 Å². The molecule has 1 aromatic heterocycles. The fourth-order valence-electron chi connectivity index (χ4n) is 4.57. The molecule has 4 rings (SSSR count). The smallest absolute Gasteiger partial charge is 0.330 e. The number of benzene rings is 3. The summed E-state index contributed by atoms with van der Waals surface area (Å²) in [7, 11) is 1.58. The molecule has 0 aliphatic rings. The van der Waals surface area contributed by atoms with Gasteiger partial charge in [-0.3, -0.25) is 9.59 Å². The van der Waals surface area contributed by atoms with Crippen LogP contribution in [0.1, 0.15) is 33.6 Å². The summed E-state index contributed by atoms with van der Waals surface area (Å²) in [4.78, 5) is 36.7. The zero-order valence-corrected chi connectivity index (χ0v) is 24.8. The van der Waals surface area contributed by atoms with Crippen LogP contribution in [-0.2, 0) is 25.5 Å². The summed E-state index contributed by atoms with van der Waals surface area (Å²) in [6.07, 6.45) is 1.57. The van der Waals surface area contributed by atoms with E-state index >= 15 is 0 Å². The Labute approximate surface area is 255 Å². The van der Waals surface area contributed by atoms with Crippen LogP contribution in [0.5, 0.6) is 11.5 Å². The molecule has 0 radical (unpaired) electrons. The predicted molar refractivity (Wildman–Crippen MR) is 166 cm³/mol. The monoisotopic (exact) mass is 601 g/mol. The lowest BCUT2D eigenvalue weighted by Gasteiger charge is -2.13. The normalized spacial score (nSPS) is 10.7. The number of nitrogens with zero attached hydrogens (tertiary/aromatic N) is 1. The number of carbonyl (C=O) groups excluding carboxylic acids is 3. The van der Waals surface area contributed by atoms with Gasteiger partial charge in [-0.1, -0.05) is 36.9 Å². The zero-order chi connectivity index (χ0) is 30.9. The second kappa shape index (κ2) is 14.4. The molecule has 0 aliphatic carbocycles. The van der Waals surface area contributed by atoms with Gasteiger partial charge in [-0.05, 0) is 72.6 Å². The highest BCUT2D eigenvalue weighted by Gasteiger charge is 2.21. The molecule has 0 spiro atoms. The van der Waals surface area contributed by atoms with Crippen molar-refractivity contribution in [2.24, 2.45) is 0 Å². The fourth-order valence-corrected chi connectivity index (χ4v) is 4.70. The van der Waals surface area contributed by atoms with Gasteiger partial charge in [-0.25, -0.2) is 4.79 Å². The molecule has 43 heavy (non-hydrogen) atoms. The van der Waals surface area contributed by atoms with Crippen LogP contribution in [0.25, 0.3) is 16.6 Å². The van der Waals surface area contributed by atoms with E-state index in [2.05, 4.69) is 13.2 Å². The molecule has 3 aromatic carbocycles. The lowest BCUT2D eigenvalue weighted by molar-refractivity contribution is -0.141. The van der Waals surface area contributed by atoms with Gasteiger partial charge in [-0.15, -0.1) is 0 Å². The van der Waals surface area contributed by atoms with E-state index in [4.69, 9.17) is 30.5 Å². The summed E-state index contributed by atoms with van der Waals surface area (Å²) < 4.78 is 23.3. The van der Waals surface area contributed by atoms with Crippen molar-refractivity contribution in [2.45, 2.75) is 19.8 Å². The summed E-state index contributed by atoms with van der Waals surface area (Å²) in [5.74, 6) is -0.146. The molecule has 0 aliphatic heterocycles. The minimum absolute atomic E-state index is 0.0431. The molecular formula is C34H32ClNO7. The van der Waals surface area contributed by atoms with E-state index in [1.165, 1.54) is 0 Å². The van der Waals surface area contributed by atoms with Crippen LogP contribution in [0, 0.1) is 6.92 Å². The molecule has 0 amide bonds. The van der Waals surface area contributed by atoms with Gasteiger partial charge in [0.15, 0.2) is 12.4 Å². The van der Waals surface area contributed by atoms with E-state index < -0.39 is 18.5 Å². The Hall–Kier alpha value is -4.82. The molecule has 0 saturated carbocycles. The first-order valence-corrected chi connectivity index (χ1v) is 13.9. The molecule has 4 aromatic rings. The molecule has 0 fully saturated rings. The lowest BCUT2D eigenvalue weighted by Crippen LogP contribution is -2.16. The van der Waals surface area contributed by atoms with E-state index in [-0.39, 0.29) is 18.8 Å². The number of carbonyl (C=O) groups is 3. The van der Waals surface area contributed by atoms with Crippen molar-refractivity contribution in [1.29, 1.82) is 0 Å². The molecule has 9 heteroatoms. The molecule has 222 valence electrons. The molecule has 0 atom stereocenters. The summed E-state index contributed by atoms with van der Waals surface area (Å²) in [6.45, 7) is 9.72. The van der Waals surface area contributed by atoms with Gasteiger partial charge >= 0.3 is 11.9 Å². The number of Topliss-reactive ketones (excluding diaryl/α,β-unsaturated/α-hetero) is 1. The van der Waals surface area contributed by atoms with Gasteiger partial charge in [0.05, 0.1) is 32.3 Å². The summed E-state index contributed by atoms with van der Waals surface area (Å²) in [6, 6.07) is 19.6. The average Bonchev–Trinajstić information content (AvgIpc) is 3.29. The topological polar surface area (TPSA) is 93.1 Å². The molecule has 0 saturated heterocycles. The van der Waals surface area contributed by atoms with Crippen molar-refractivity contribution in [1.82, 2.24) is 4.57 Å². The molecule has 0 unspecified atom stereocenters. The highest BCUT2D eigenvalue weighted by Crippen LogP contribution is 2.34. The van der Waals surface area contributed by atoms with Crippen LogP contribution in [0.4, 0.5) is 0 Å². The number of ether oxygens (including phenoxy) is 4. The van der Waals surface area contributed by atoms with E-state index in [0.29, 0.717) is 35.1 Å². The minimum atomic E-state index is -0.535.